The highest BCUT2D eigenvalue weighted by molar-refractivity contribution is 6.39. The van der Waals surface area contributed by atoms with Crippen molar-refractivity contribution in [3.63, 3.8) is 0 Å². The summed E-state index contributed by atoms with van der Waals surface area (Å²) in [5, 5.41) is 54.3. The van der Waals surface area contributed by atoms with Crippen LogP contribution in [0.3, 0.4) is 0 Å². The molecule has 8 aliphatic rings. The van der Waals surface area contributed by atoms with Crippen LogP contribution in [-0.2, 0) is 62.0 Å². The number of Topliss-reactive ketones (excluding diaryl/α,β-unsaturated/α-hetero) is 5. The van der Waals surface area contributed by atoms with Gasteiger partial charge in [0.05, 0.1) is 24.4 Å². The molecule has 3 heterocycles. The van der Waals surface area contributed by atoms with Gasteiger partial charge in [0.2, 0.25) is 5.79 Å². The number of hydrogen-bond donors (Lipinski definition) is 5. The number of aliphatic hydroxyl groups is 5. The number of allylic oxidation sites excluding steroid dienone is 10. The number of hydrogen-bond acceptors (Lipinski definition) is 18. The number of piperidine rings is 1. The SMILES string of the molecule is CO[C@H]1C[C@@H]2CC[C@@H](C)[C@@](O)(O2)C(=O)C(=O)N2CCCC[C@H]2C(=O)O[C@H]([C@H](C)C[C@@H]2CC[C@@H](O)[C@H](OC)C2)CC(=O)[C@H](C)/C=C(\C)[C@@H](O)[C@@H](OC)C(=O)[C@H](C)C[C@H](C)/C=C/C=C/C=C/1C.C[C@]12C=CC(=O)C=C1CC[C@@H]1[C@@H]2C(=O)C[C@@]2(C)[C@H]1CC[C@]2(O)C(=O)CO. The first-order valence-corrected chi connectivity index (χ1v) is 33.4. The molecule has 2 saturated heterocycles. The number of esters is 1. The van der Waals surface area contributed by atoms with Crippen molar-refractivity contribution >= 4 is 46.6 Å². The van der Waals surface area contributed by atoms with Crippen LogP contribution in [0.15, 0.2) is 71.4 Å². The van der Waals surface area contributed by atoms with E-state index in [0.717, 1.165) is 30.4 Å². The van der Waals surface area contributed by atoms with Gasteiger partial charge in [0, 0.05) is 81.6 Å². The fourth-order valence-corrected chi connectivity index (χ4v) is 16.7. The number of ketones is 6. The van der Waals surface area contributed by atoms with Gasteiger partial charge >= 0.3 is 5.97 Å². The summed E-state index contributed by atoms with van der Waals surface area (Å²) in [6.45, 7) is 15.9. The minimum Gasteiger partial charge on any atom is -0.460 e. The third-order valence-electron chi connectivity index (χ3n) is 22.5. The Morgan fingerprint density at radius 3 is 2.23 bits per heavy atom. The summed E-state index contributed by atoms with van der Waals surface area (Å²) in [5.41, 5.74) is -0.596. The highest BCUT2D eigenvalue weighted by Crippen LogP contribution is 2.66. The van der Waals surface area contributed by atoms with Gasteiger partial charge in [-0.2, -0.15) is 0 Å². The van der Waals surface area contributed by atoms with Gasteiger partial charge in [-0.3, -0.25) is 33.6 Å². The molecule has 4 saturated carbocycles. The maximum Gasteiger partial charge on any atom is 0.329 e. The van der Waals surface area contributed by atoms with E-state index in [1.807, 2.05) is 78.0 Å². The Hall–Kier alpha value is -4.96. The van der Waals surface area contributed by atoms with E-state index in [2.05, 4.69) is 0 Å². The second kappa shape index (κ2) is 31.1. The number of carbonyl (C=O) groups is 8. The predicted octanol–water partition coefficient (Wildman–Crippen LogP) is 7.95. The number of carbonyl (C=O) groups excluding carboxylic acids is 8. The topological polar surface area (TPSA) is 287 Å². The number of methoxy groups -OCH3 is 3. The number of fused-ring (bicyclic) bond motifs is 8. The van der Waals surface area contributed by atoms with Gasteiger partial charge in [-0.25, -0.2) is 4.79 Å². The highest BCUT2D eigenvalue weighted by atomic mass is 16.6. The van der Waals surface area contributed by atoms with E-state index in [4.69, 9.17) is 23.7 Å². The van der Waals surface area contributed by atoms with Crippen molar-refractivity contribution in [3.05, 3.63) is 71.4 Å². The molecule has 2 bridgehead atoms. The first kappa shape index (κ1) is 73.5. The number of ether oxygens (including phenoxy) is 5. The van der Waals surface area contributed by atoms with Gasteiger partial charge in [-0.1, -0.05) is 96.6 Å². The minimum absolute atomic E-state index is 0.0193. The van der Waals surface area contributed by atoms with Gasteiger partial charge in [0.15, 0.2) is 17.3 Å². The Kier molecular flexibility index (Phi) is 25.1. The van der Waals surface area contributed by atoms with Crippen molar-refractivity contribution in [2.24, 2.45) is 64.1 Å². The Balaban J connectivity index is 0.000000371. The third-order valence-corrected chi connectivity index (χ3v) is 22.5. The fraction of sp³-hybridized carbons (Fsp3) is 0.722. The average Bonchev–Trinajstić information content (AvgIpc) is 1.65. The lowest BCUT2D eigenvalue weighted by Crippen LogP contribution is -2.61. The summed E-state index contributed by atoms with van der Waals surface area (Å²) >= 11 is 0. The van der Waals surface area contributed by atoms with E-state index in [9.17, 15) is 63.9 Å². The second-order valence-electron chi connectivity index (χ2n) is 28.6. The molecule has 91 heavy (non-hydrogen) atoms. The Morgan fingerprint density at radius 2 is 1.55 bits per heavy atom. The normalized spacial score (nSPS) is 42.3. The zero-order valence-corrected chi connectivity index (χ0v) is 55.9. The summed E-state index contributed by atoms with van der Waals surface area (Å²) < 4.78 is 29.4. The molecule has 0 spiro atoms. The van der Waals surface area contributed by atoms with E-state index in [0.29, 0.717) is 76.2 Å². The molecule has 19 heteroatoms. The molecule has 21 atom stereocenters. The largest absolute Gasteiger partial charge is 0.460 e. The molecule has 5 aliphatic carbocycles. The number of amides is 1. The summed E-state index contributed by atoms with van der Waals surface area (Å²) in [5.74, 6) is -8.55. The number of rotatable bonds is 8. The number of nitrogens with zero attached hydrogens (tertiary/aromatic N) is 1. The fourth-order valence-electron chi connectivity index (χ4n) is 16.7. The molecule has 3 aliphatic heterocycles. The molecular formula is C72H105NO18. The van der Waals surface area contributed by atoms with Crippen LogP contribution in [0.1, 0.15) is 171 Å². The molecule has 0 unspecified atom stereocenters. The lowest BCUT2D eigenvalue weighted by atomic mass is 9.46. The lowest BCUT2D eigenvalue weighted by molar-refractivity contribution is -0.265. The molecule has 0 radical (unpaired) electrons. The van der Waals surface area contributed by atoms with Crippen LogP contribution in [-0.4, -0.2) is 172 Å². The molecule has 5 N–H and O–H groups in total. The van der Waals surface area contributed by atoms with E-state index in [1.54, 1.807) is 53.2 Å². The average molecular weight is 1270 g/mol. The summed E-state index contributed by atoms with van der Waals surface area (Å²) in [7, 11) is 4.52. The van der Waals surface area contributed by atoms with Crippen molar-refractivity contribution in [2.75, 3.05) is 34.5 Å². The molecule has 506 valence electrons. The van der Waals surface area contributed by atoms with E-state index >= 15 is 0 Å². The van der Waals surface area contributed by atoms with Crippen molar-refractivity contribution in [1.29, 1.82) is 0 Å². The van der Waals surface area contributed by atoms with Crippen LogP contribution in [0.25, 0.3) is 0 Å². The summed E-state index contributed by atoms with van der Waals surface area (Å²) in [6.07, 6.45) is 19.0. The van der Waals surface area contributed by atoms with Crippen molar-refractivity contribution in [3.8, 4) is 0 Å². The van der Waals surface area contributed by atoms with Gasteiger partial charge in [0.1, 0.15) is 48.1 Å². The molecular weight excluding hydrogens is 1170 g/mol. The van der Waals surface area contributed by atoms with Crippen molar-refractivity contribution < 1.29 is 87.6 Å². The molecule has 1 amide bonds. The van der Waals surface area contributed by atoms with E-state index < -0.39 is 113 Å². The molecule has 6 fully saturated rings. The molecule has 8 rings (SSSR count). The summed E-state index contributed by atoms with van der Waals surface area (Å²) in [6, 6.07) is -1.14. The monoisotopic (exact) mass is 1270 g/mol. The number of cyclic esters (lactones) is 1. The molecule has 0 aromatic heterocycles. The van der Waals surface area contributed by atoms with Crippen LogP contribution in [0, 0.1) is 64.1 Å². The Labute approximate surface area is 538 Å². The van der Waals surface area contributed by atoms with Gasteiger partial charge in [0.25, 0.3) is 11.7 Å². The van der Waals surface area contributed by atoms with Crippen molar-refractivity contribution in [2.45, 2.75) is 232 Å². The van der Waals surface area contributed by atoms with Crippen LogP contribution in [0.5, 0.6) is 0 Å². The van der Waals surface area contributed by atoms with Crippen LogP contribution in [0.2, 0.25) is 0 Å². The minimum atomic E-state index is -2.43. The molecule has 19 nitrogen and oxygen atoms in total. The van der Waals surface area contributed by atoms with Crippen LogP contribution in [0.4, 0.5) is 0 Å². The molecule has 0 aromatic rings. The first-order chi connectivity index (χ1) is 42.9. The zero-order valence-electron chi connectivity index (χ0n) is 55.9. The van der Waals surface area contributed by atoms with Crippen LogP contribution >= 0.6 is 0 Å². The third kappa shape index (κ3) is 15.9. The highest BCUT2D eigenvalue weighted by Gasteiger charge is 2.68. The van der Waals surface area contributed by atoms with E-state index in [1.165, 1.54) is 12.0 Å². The standard InChI is InChI=1S/C51H79NO13.C21H26O5/c1-30-16-12-11-13-17-31(2)42(61-8)28-38-21-19-36(7)51(60,65-38)48(57)49(58)52-23-15-14-18-39(52)50(59)64-43(33(4)26-37-20-22-40(53)44(27-37)62-9)29-41(54)32(3)25-35(6)46(56)47(63-10)45(55)34(5)24-30;1-19-7-5-13(23)9-12(19)3-4-14-15-6-8-21(26,17(25)11-22)20(15,2)10-16(24)18(14)19/h11-13,16-17,25,30,32-34,36-40,42-44,46-47,53,56,60H,14-15,18-24,26-29H2,1-10H3;5,7,9,14-15,18,22,26H,3-4,6,8,10-11H2,1-2H3/b13-11+,16-12+,31-17+,35-25+;/t30-,32-,33-,34-,36-,37+,38+,39+,40-,42+,43+,44-,46-,47+,51-;14-,15-,18+,19-,20-,21-/m10/s1. The smallest absolute Gasteiger partial charge is 0.329 e. The van der Waals surface area contributed by atoms with Gasteiger partial charge < -0.3 is 54.1 Å². The van der Waals surface area contributed by atoms with Gasteiger partial charge in [-0.15, -0.1) is 0 Å². The zero-order chi connectivity index (χ0) is 67.1. The lowest BCUT2D eigenvalue weighted by Gasteiger charge is -2.56. The second-order valence-corrected chi connectivity index (χ2v) is 28.6. The maximum absolute atomic E-state index is 14.4. The van der Waals surface area contributed by atoms with Crippen molar-refractivity contribution in [1.82, 2.24) is 4.90 Å². The Bertz CT molecular complexity index is 2870. The van der Waals surface area contributed by atoms with Crippen LogP contribution < -0.4 is 0 Å². The quantitative estimate of drug-likeness (QED) is 0.0875. The molecule has 0 aromatic carbocycles. The van der Waals surface area contributed by atoms with E-state index in [-0.39, 0.29) is 90.6 Å². The predicted molar refractivity (Wildman–Crippen MR) is 339 cm³/mol. The van der Waals surface area contributed by atoms with Gasteiger partial charge in [-0.05, 0) is 157 Å². The number of aliphatic hydroxyl groups excluding tert-OH is 3. The first-order valence-electron chi connectivity index (χ1n) is 33.4. The Morgan fingerprint density at radius 1 is 0.824 bits per heavy atom. The summed E-state index contributed by atoms with van der Waals surface area (Å²) in [4.78, 5) is 109. The maximum atomic E-state index is 14.4.